The number of fused-ring (bicyclic) bond motifs is 2. The Morgan fingerprint density at radius 3 is 2.69 bits per heavy atom. The molecule has 1 aromatic heterocycles. The zero-order chi connectivity index (χ0) is 17.9. The molecule has 26 heavy (non-hydrogen) atoms. The number of amides is 2. The first-order chi connectivity index (χ1) is 12.7. The van der Waals surface area contributed by atoms with Gasteiger partial charge in [0.1, 0.15) is 5.76 Å². The Kier molecular flexibility index (Phi) is 5.18. The van der Waals surface area contributed by atoms with Crippen molar-refractivity contribution in [3.05, 3.63) is 53.4 Å². The summed E-state index contributed by atoms with van der Waals surface area (Å²) in [5.41, 5.74) is 0.713. The molecule has 6 heteroatoms. The molecule has 2 aliphatic heterocycles. The monoisotopic (exact) mass is 373 g/mol. The standard InChI is InChI=1S/C20H24ClN3O2/c21-14-4-1-5-15(10-14)22-20(25)23-16-11-17-6-2-7-18(12-16)24(17)13-19-8-3-9-26-19/h1,3-5,8-10,16-18H,2,6-7,11-13H2,(H2,22,23,25)/t17-,18-/m1/s1. The van der Waals surface area contributed by atoms with E-state index in [1.807, 2.05) is 24.3 Å². The fraction of sp³-hybridized carbons (Fsp3) is 0.450. The lowest BCUT2D eigenvalue weighted by atomic mass is 9.81. The molecule has 2 aliphatic rings. The molecular formula is C20H24ClN3O2. The molecule has 2 atom stereocenters. The largest absolute Gasteiger partial charge is 0.468 e. The van der Waals surface area contributed by atoms with Crippen molar-refractivity contribution in [2.75, 3.05) is 5.32 Å². The molecule has 2 aromatic rings. The quantitative estimate of drug-likeness (QED) is 0.820. The minimum Gasteiger partial charge on any atom is -0.468 e. The number of carbonyl (C=O) groups excluding carboxylic acids is 1. The van der Waals surface area contributed by atoms with Crippen molar-refractivity contribution in [2.24, 2.45) is 0 Å². The van der Waals surface area contributed by atoms with E-state index in [4.69, 9.17) is 16.0 Å². The Balaban J connectivity index is 1.35. The number of benzene rings is 1. The van der Waals surface area contributed by atoms with Gasteiger partial charge in [-0.15, -0.1) is 0 Å². The summed E-state index contributed by atoms with van der Waals surface area (Å²) < 4.78 is 5.54. The summed E-state index contributed by atoms with van der Waals surface area (Å²) in [5.74, 6) is 1.02. The van der Waals surface area contributed by atoms with E-state index in [1.54, 1.807) is 18.4 Å². The van der Waals surface area contributed by atoms with Gasteiger partial charge in [-0.2, -0.15) is 0 Å². The van der Waals surface area contributed by atoms with Gasteiger partial charge in [-0.25, -0.2) is 4.79 Å². The summed E-state index contributed by atoms with van der Waals surface area (Å²) in [6.45, 7) is 0.865. The first-order valence-corrected chi connectivity index (χ1v) is 9.66. The molecule has 1 aromatic carbocycles. The molecule has 0 unspecified atom stereocenters. The average molecular weight is 374 g/mol. The third-order valence-corrected chi connectivity index (χ3v) is 5.70. The molecule has 0 spiro atoms. The van der Waals surface area contributed by atoms with Crippen molar-refractivity contribution in [3.63, 3.8) is 0 Å². The second-order valence-electron chi connectivity index (χ2n) is 7.27. The number of piperidine rings is 2. The van der Waals surface area contributed by atoms with Gasteiger partial charge in [-0.1, -0.05) is 24.1 Å². The topological polar surface area (TPSA) is 57.5 Å². The number of hydrogen-bond acceptors (Lipinski definition) is 3. The van der Waals surface area contributed by atoms with Crippen LogP contribution in [0.15, 0.2) is 47.1 Å². The summed E-state index contributed by atoms with van der Waals surface area (Å²) in [7, 11) is 0. The second-order valence-corrected chi connectivity index (χ2v) is 7.70. The summed E-state index contributed by atoms with van der Waals surface area (Å²) in [4.78, 5) is 14.9. The molecule has 5 nitrogen and oxygen atoms in total. The highest BCUT2D eigenvalue weighted by Crippen LogP contribution is 2.35. The Morgan fingerprint density at radius 1 is 1.19 bits per heavy atom. The lowest BCUT2D eigenvalue weighted by molar-refractivity contribution is 0.0150. The van der Waals surface area contributed by atoms with Crippen molar-refractivity contribution in [2.45, 2.75) is 56.8 Å². The highest BCUT2D eigenvalue weighted by molar-refractivity contribution is 6.30. The fourth-order valence-corrected chi connectivity index (χ4v) is 4.55. The van der Waals surface area contributed by atoms with Crippen molar-refractivity contribution in [1.82, 2.24) is 10.2 Å². The van der Waals surface area contributed by atoms with Crippen molar-refractivity contribution in [1.29, 1.82) is 0 Å². The SMILES string of the molecule is O=C(Nc1cccc(Cl)c1)NC1C[C@H]2CCC[C@H](C1)N2Cc1ccco1. The molecule has 2 N–H and O–H groups in total. The maximum Gasteiger partial charge on any atom is 0.319 e. The highest BCUT2D eigenvalue weighted by Gasteiger charge is 2.38. The van der Waals surface area contributed by atoms with Gasteiger partial charge >= 0.3 is 6.03 Å². The molecule has 4 rings (SSSR count). The van der Waals surface area contributed by atoms with Crippen LogP contribution in [0.1, 0.15) is 37.9 Å². The predicted octanol–water partition coefficient (Wildman–Crippen LogP) is 4.64. The zero-order valence-electron chi connectivity index (χ0n) is 14.7. The van der Waals surface area contributed by atoms with Crippen LogP contribution < -0.4 is 10.6 Å². The van der Waals surface area contributed by atoms with Crippen molar-refractivity contribution < 1.29 is 9.21 Å². The smallest absolute Gasteiger partial charge is 0.319 e. The number of halogens is 1. The molecule has 2 fully saturated rings. The lowest BCUT2D eigenvalue weighted by Crippen LogP contribution is -2.56. The van der Waals surface area contributed by atoms with Gasteiger partial charge in [0.2, 0.25) is 0 Å². The Hall–Kier alpha value is -1.98. The maximum absolute atomic E-state index is 12.4. The first kappa shape index (κ1) is 17.4. The number of furan rings is 1. The molecule has 0 radical (unpaired) electrons. The van der Waals surface area contributed by atoms with Gasteiger partial charge in [-0.05, 0) is 56.0 Å². The Labute approximate surface area is 158 Å². The van der Waals surface area contributed by atoms with E-state index in [-0.39, 0.29) is 12.1 Å². The van der Waals surface area contributed by atoms with E-state index in [1.165, 1.54) is 19.3 Å². The minimum absolute atomic E-state index is 0.158. The number of nitrogens with zero attached hydrogens (tertiary/aromatic N) is 1. The summed E-state index contributed by atoms with van der Waals surface area (Å²) in [6.07, 6.45) is 7.35. The van der Waals surface area contributed by atoms with Gasteiger partial charge in [-0.3, -0.25) is 4.90 Å². The van der Waals surface area contributed by atoms with Crippen LogP contribution >= 0.6 is 11.6 Å². The van der Waals surface area contributed by atoms with E-state index < -0.39 is 0 Å². The maximum atomic E-state index is 12.4. The zero-order valence-corrected chi connectivity index (χ0v) is 15.4. The molecule has 3 heterocycles. The highest BCUT2D eigenvalue weighted by atomic mass is 35.5. The predicted molar refractivity (Wildman–Crippen MR) is 102 cm³/mol. The molecule has 0 aliphatic carbocycles. The van der Waals surface area contributed by atoms with Crippen molar-refractivity contribution in [3.8, 4) is 0 Å². The van der Waals surface area contributed by atoms with Crippen LogP contribution in [0.25, 0.3) is 0 Å². The first-order valence-electron chi connectivity index (χ1n) is 9.28. The Bertz CT molecular complexity index is 735. The van der Waals surface area contributed by atoms with Gasteiger partial charge < -0.3 is 15.1 Å². The third kappa shape index (κ3) is 4.05. The number of nitrogens with one attached hydrogen (secondary N) is 2. The van der Waals surface area contributed by atoms with Crippen LogP contribution in [-0.4, -0.2) is 29.1 Å². The fourth-order valence-electron chi connectivity index (χ4n) is 4.36. The summed E-state index contributed by atoms with van der Waals surface area (Å²) in [6, 6.07) is 12.3. The minimum atomic E-state index is -0.158. The molecular weight excluding hydrogens is 350 g/mol. The number of anilines is 1. The van der Waals surface area contributed by atoms with E-state index in [0.717, 1.165) is 25.1 Å². The number of urea groups is 1. The Morgan fingerprint density at radius 2 is 2.00 bits per heavy atom. The molecule has 2 saturated heterocycles. The molecule has 2 amide bonds. The van der Waals surface area contributed by atoms with Gasteiger partial charge in [0.05, 0.1) is 12.8 Å². The van der Waals surface area contributed by atoms with Crippen molar-refractivity contribution >= 4 is 23.3 Å². The summed E-state index contributed by atoms with van der Waals surface area (Å²) >= 11 is 5.97. The molecule has 138 valence electrons. The van der Waals surface area contributed by atoms with Crippen LogP contribution in [0, 0.1) is 0 Å². The van der Waals surface area contributed by atoms with Crippen LogP contribution in [0.4, 0.5) is 10.5 Å². The lowest BCUT2D eigenvalue weighted by Gasteiger charge is -2.48. The van der Waals surface area contributed by atoms with E-state index in [0.29, 0.717) is 22.8 Å². The number of hydrogen-bond donors (Lipinski definition) is 2. The molecule has 0 saturated carbocycles. The van der Waals surface area contributed by atoms with Crippen LogP contribution in [-0.2, 0) is 6.54 Å². The second kappa shape index (κ2) is 7.72. The van der Waals surface area contributed by atoms with Crippen LogP contribution in [0.2, 0.25) is 5.02 Å². The average Bonchev–Trinajstić information content (AvgIpc) is 3.08. The number of carbonyl (C=O) groups is 1. The van der Waals surface area contributed by atoms with Gasteiger partial charge in [0.15, 0.2) is 0 Å². The molecule has 2 bridgehead atoms. The van der Waals surface area contributed by atoms with Gasteiger partial charge in [0, 0.05) is 28.8 Å². The summed E-state index contributed by atoms with van der Waals surface area (Å²) in [5, 5.41) is 6.65. The van der Waals surface area contributed by atoms with E-state index >= 15 is 0 Å². The van der Waals surface area contributed by atoms with E-state index in [9.17, 15) is 4.79 Å². The van der Waals surface area contributed by atoms with E-state index in [2.05, 4.69) is 15.5 Å². The third-order valence-electron chi connectivity index (χ3n) is 5.46. The van der Waals surface area contributed by atoms with Crippen LogP contribution in [0.3, 0.4) is 0 Å². The number of rotatable bonds is 4. The van der Waals surface area contributed by atoms with Crippen LogP contribution in [0.5, 0.6) is 0 Å². The normalized spacial score (nSPS) is 25.7. The van der Waals surface area contributed by atoms with Gasteiger partial charge in [0.25, 0.3) is 0 Å².